The molecule has 0 fully saturated rings. The number of hydrogen-bond donors (Lipinski definition) is 2. The molecule has 110 valence electrons. The summed E-state index contributed by atoms with van der Waals surface area (Å²) >= 11 is 0. The van der Waals surface area contributed by atoms with E-state index < -0.39 is 17.5 Å². The van der Waals surface area contributed by atoms with E-state index in [1.54, 1.807) is 24.5 Å². The van der Waals surface area contributed by atoms with Crippen LogP contribution in [0.25, 0.3) is 11.3 Å². The Morgan fingerprint density at radius 1 is 1.18 bits per heavy atom. The Labute approximate surface area is 124 Å². The summed E-state index contributed by atoms with van der Waals surface area (Å²) in [6.07, 6.45) is 3.22. The van der Waals surface area contributed by atoms with Crippen molar-refractivity contribution in [3.63, 3.8) is 0 Å². The second-order valence-corrected chi connectivity index (χ2v) is 4.49. The molecule has 0 atom stereocenters. The van der Waals surface area contributed by atoms with E-state index in [0.717, 1.165) is 23.8 Å². The highest BCUT2D eigenvalue weighted by Gasteiger charge is 2.13. The molecule has 0 aliphatic rings. The molecule has 0 aliphatic carbocycles. The lowest BCUT2D eigenvalue weighted by atomic mass is 10.2. The largest absolute Gasteiger partial charge is 0.318 e. The number of hydrogen-bond acceptors (Lipinski definition) is 3. The molecular formula is C15H10F2N4O. The number of carbonyl (C=O) groups excluding carboxylic acids is 1. The van der Waals surface area contributed by atoms with Crippen LogP contribution in [-0.2, 0) is 0 Å². The molecule has 3 rings (SSSR count). The molecule has 0 aliphatic heterocycles. The average Bonchev–Trinajstić information content (AvgIpc) is 3.02. The fourth-order valence-corrected chi connectivity index (χ4v) is 1.88. The minimum Gasteiger partial charge on any atom is -0.318 e. The number of pyridine rings is 1. The lowest BCUT2D eigenvalue weighted by Gasteiger charge is -2.04. The number of benzene rings is 1. The second-order valence-electron chi connectivity index (χ2n) is 4.49. The summed E-state index contributed by atoms with van der Waals surface area (Å²) in [5, 5.41) is 8.84. The van der Waals surface area contributed by atoms with Gasteiger partial charge in [0.05, 0.1) is 11.4 Å². The predicted octanol–water partition coefficient (Wildman–Crippen LogP) is 3.00. The van der Waals surface area contributed by atoms with Crippen molar-refractivity contribution in [2.45, 2.75) is 0 Å². The van der Waals surface area contributed by atoms with E-state index in [-0.39, 0.29) is 11.4 Å². The maximum atomic E-state index is 13.5. The van der Waals surface area contributed by atoms with Crippen LogP contribution < -0.4 is 5.32 Å². The molecule has 5 nitrogen and oxygen atoms in total. The molecule has 1 aromatic carbocycles. The lowest BCUT2D eigenvalue weighted by Crippen LogP contribution is -2.13. The first-order valence-corrected chi connectivity index (χ1v) is 6.36. The fourth-order valence-electron chi connectivity index (χ4n) is 1.88. The van der Waals surface area contributed by atoms with Crippen LogP contribution in [0.1, 0.15) is 10.5 Å². The molecule has 0 saturated heterocycles. The number of aromatic nitrogens is 3. The van der Waals surface area contributed by atoms with Gasteiger partial charge in [0.2, 0.25) is 0 Å². The standard InChI is InChI=1S/C15H10F2N4O/c16-10-3-4-11(17)13(6-10)19-15(22)14-7-12(20-21-14)9-2-1-5-18-8-9/h1-8H,(H,19,22)(H,20,21). The number of H-pyrrole nitrogens is 1. The third-order valence-electron chi connectivity index (χ3n) is 2.96. The van der Waals surface area contributed by atoms with E-state index in [4.69, 9.17) is 0 Å². The van der Waals surface area contributed by atoms with Gasteiger partial charge in [-0.1, -0.05) is 0 Å². The van der Waals surface area contributed by atoms with Crippen molar-refractivity contribution in [3.05, 3.63) is 66.1 Å². The van der Waals surface area contributed by atoms with Crippen molar-refractivity contribution in [2.24, 2.45) is 0 Å². The number of nitrogens with zero attached hydrogens (tertiary/aromatic N) is 2. The van der Waals surface area contributed by atoms with Gasteiger partial charge in [0.15, 0.2) is 0 Å². The summed E-state index contributed by atoms with van der Waals surface area (Å²) in [7, 11) is 0. The highest BCUT2D eigenvalue weighted by molar-refractivity contribution is 6.03. The first-order valence-electron chi connectivity index (χ1n) is 6.36. The van der Waals surface area contributed by atoms with Crippen molar-refractivity contribution in [3.8, 4) is 11.3 Å². The topological polar surface area (TPSA) is 70.7 Å². The van der Waals surface area contributed by atoms with Crippen molar-refractivity contribution < 1.29 is 13.6 Å². The number of amides is 1. The highest BCUT2D eigenvalue weighted by atomic mass is 19.1. The Morgan fingerprint density at radius 2 is 2.05 bits per heavy atom. The van der Waals surface area contributed by atoms with Crippen LogP contribution >= 0.6 is 0 Å². The van der Waals surface area contributed by atoms with Gasteiger partial charge in [-0.15, -0.1) is 0 Å². The highest BCUT2D eigenvalue weighted by Crippen LogP contribution is 2.18. The number of halogens is 2. The molecular weight excluding hydrogens is 290 g/mol. The molecule has 2 N–H and O–H groups in total. The summed E-state index contributed by atoms with van der Waals surface area (Å²) in [4.78, 5) is 16.0. The van der Waals surface area contributed by atoms with Gasteiger partial charge in [-0.3, -0.25) is 14.9 Å². The number of nitrogens with one attached hydrogen (secondary N) is 2. The molecule has 2 aromatic heterocycles. The van der Waals surface area contributed by atoms with E-state index in [2.05, 4.69) is 20.5 Å². The van der Waals surface area contributed by atoms with Crippen molar-refractivity contribution >= 4 is 11.6 Å². The van der Waals surface area contributed by atoms with Crippen LogP contribution in [0.15, 0.2) is 48.8 Å². The zero-order chi connectivity index (χ0) is 15.5. The number of carbonyl (C=O) groups is 1. The SMILES string of the molecule is O=C(Nc1cc(F)ccc1F)c1cc(-c2cccnc2)n[nH]1. The van der Waals surface area contributed by atoms with Crippen LogP contribution in [0, 0.1) is 11.6 Å². The zero-order valence-electron chi connectivity index (χ0n) is 11.2. The maximum Gasteiger partial charge on any atom is 0.273 e. The van der Waals surface area contributed by atoms with Crippen LogP contribution in [-0.4, -0.2) is 21.1 Å². The summed E-state index contributed by atoms with van der Waals surface area (Å²) in [6.45, 7) is 0. The molecule has 0 radical (unpaired) electrons. The van der Waals surface area contributed by atoms with Gasteiger partial charge in [0.25, 0.3) is 5.91 Å². The lowest BCUT2D eigenvalue weighted by molar-refractivity contribution is 0.102. The maximum absolute atomic E-state index is 13.5. The molecule has 3 aromatic rings. The molecule has 0 bridgehead atoms. The third kappa shape index (κ3) is 2.83. The predicted molar refractivity (Wildman–Crippen MR) is 76.1 cm³/mol. The van der Waals surface area contributed by atoms with Gasteiger partial charge in [-0.05, 0) is 30.3 Å². The molecule has 0 saturated carbocycles. The smallest absolute Gasteiger partial charge is 0.273 e. The first-order chi connectivity index (χ1) is 10.6. The minimum absolute atomic E-state index is 0.127. The van der Waals surface area contributed by atoms with Crippen LogP contribution in [0.5, 0.6) is 0 Å². The second kappa shape index (κ2) is 5.72. The molecule has 0 spiro atoms. The van der Waals surface area contributed by atoms with Crippen molar-refractivity contribution in [1.29, 1.82) is 0 Å². The minimum atomic E-state index is -0.721. The van der Waals surface area contributed by atoms with E-state index in [1.807, 2.05) is 0 Å². The van der Waals surface area contributed by atoms with Gasteiger partial charge in [0.1, 0.15) is 17.3 Å². The van der Waals surface area contributed by atoms with Gasteiger partial charge >= 0.3 is 0 Å². The van der Waals surface area contributed by atoms with Gasteiger partial charge in [-0.2, -0.15) is 5.10 Å². The number of aromatic amines is 1. The number of anilines is 1. The Kier molecular flexibility index (Phi) is 3.61. The molecule has 22 heavy (non-hydrogen) atoms. The molecule has 0 unspecified atom stereocenters. The van der Waals surface area contributed by atoms with Crippen molar-refractivity contribution in [1.82, 2.24) is 15.2 Å². The quantitative estimate of drug-likeness (QED) is 0.781. The summed E-state index contributed by atoms with van der Waals surface area (Å²) in [5.41, 5.74) is 1.15. The number of rotatable bonds is 3. The fraction of sp³-hybridized carbons (Fsp3) is 0. The van der Waals surface area contributed by atoms with Gasteiger partial charge < -0.3 is 5.32 Å². The van der Waals surface area contributed by atoms with E-state index in [9.17, 15) is 13.6 Å². The van der Waals surface area contributed by atoms with Crippen LogP contribution in [0.3, 0.4) is 0 Å². The van der Waals surface area contributed by atoms with E-state index >= 15 is 0 Å². The van der Waals surface area contributed by atoms with Gasteiger partial charge in [-0.25, -0.2) is 8.78 Å². The molecule has 1 amide bonds. The summed E-state index contributed by atoms with van der Waals surface area (Å²) in [6, 6.07) is 7.86. The Hall–Kier alpha value is -3.09. The Bertz CT molecular complexity index is 817. The first kappa shape index (κ1) is 13.9. The van der Waals surface area contributed by atoms with E-state index in [1.165, 1.54) is 6.07 Å². The summed E-state index contributed by atoms with van der Waals surface area (Å²) in [5.74, 6) is -1.98. The van der Waals surface area contributed by atoms with E-state index in [0.29, 0.717) is 5.69 Å². The Balaban J connectivity index is 1.81. The van der Waals surface area contributed by atoms with Crippen LogP contribution in [0.4, 0.5) is 14.5 Å². The summed E-state index contributed by atoms with van der Waals surface area (Å²) < 4.78 is 26.6. The molecule has 7 heteroatoms. The molecule has 2 heterocycles. The van der Waals surface area contributed by atoms with Crippen molar-refractivity contribution in [2.75, 3.05) is 5.32 Å². The Morgan fingerprint density at radius 3 is 2.82 bits per heavy atom. The van der Waals surface area contributed by atoms with Crippen LogP contribution in [0.2, 0.25) is 0 Å². The average molecular weight is 300 g/mol. The third-order valence-corrected chi connectivity index (χ3v) is 2.96. The zero-order valence-corrected chi connectivity index (χ0v) is 11.2. The normalized spacial score (nSPS) is 10.5. The van der Waals surface area contributed by atoms with Gasteiger partial charge in [0, 0.05) is 24.0 Å². The monoisotopic (exact) mass is 300 g/mol.